The molecule has 5 rings (SSSR count). The average molecular weight is 301 g/mol. The zero-order valence-corrected chi connectivity index (χ0v) is 12.2. The molecule has 2 aromatic rings. The van der Waals surface area contributed by atoms with Gasteiger partial charge in [-0.2, -0.15) is 5.10 Å². The zero-order chi connectivity index (χ0) is 15.1. The van der Waals surface area contributed by atoms with E-state index in [0.29, 0.717) is 22.7 Å². The average Bonchev–Trinajstić information content (AvgIpc) is 2.99. The van der Waals surface area contributed by atoms with Gasteiger partial charge in [0.15, 0.2) is 5.69 Å². The van der Waals surface area contributed by atoms with E-state index >= 15 is 0 Å². The molecule has 2 bridgehead atoms. The summed E-state index contributed by atoms with van der Waals surface area (Å²) in [5.74, 6) is 0.415. The van der Waals surface area contributed by atoms with Crippen molar-refractivity contribution < 1.29 is 10.3 Å². The molecule has 0 radical (unpaired) electrons. The summed E-state index contributed by atoms with van der Waals surface area (Å²) in [4.78, 5) is 15.0. The molecule has 7 nitrogen and oxygen atoms in total. The molecule has 1 aromatic heterocycles. The lowest BCUT2D eigenvalue weighted by Crippen LogP contribution is -2.70. The number of aromatic nitrogens is 2. The monoisotopic (exact) mass is 301 g/mol. The van der Waals surface area contributed by atoms with Crippen LogP contribution < -0.4 is 10.8 Å². The van der Waals surface area contributed by atoms with Crippen LogP contribution in [0.3, 0.4) is 0 Å². The molecule has 0 saturated carbocycles. The summed E-state index contributed by atoms with van der Waals surface area (Å²) in [6.07, 6.45) is 2.31. The highest BCUT2D eigenvalue weighted by atomic mass is 16.5. The van der Waals surface area contributed by atoms with E-state index in [9.17, 15) is 10.0 Å². The maximum absolute atomic E-state index is 12.6. The largest absolute Gasteiger partial charge is 0.630 e. The van der Waals surface area contributed by atoms with Gasteiger partial charge in [0, 0.05) is 30.1 Å². The Morgan fingerprint density at radius 2 is 2.23 bits per heavy atom. The standard InChI is InChI=1S/C15H19N5O2/c21-15(16-13-8-20-5-3-9(13)4-6-20)14-11-7-10(19-22)1-2-12(11)17-18-14/h1-2,7,9,13H,3-6,8,19H2,(H,16,21)(H,17,18)/t13-/m1/s1. The predicted octanol–water partition coefficient (Wildman–Crippen LogP) is 0.0796. The summed E-state index contributed by atoms with van der Waals surface area (Å²) in [6, 6.07) is 5.40. The molecule has 4 N–H and O–H groups in total. The van der Waals surface area contributed by atoms with Crippen LogP contribution in [0.2, 0.25) is 0 Å². The number of nitrogens with zero attached hydrogens (tertiary/aromatic N) is 2. The van der Waals surface area contributed by atoms with Gasteiger partial charge < -0.3 is 20.9 Å². The quantitative estimate of drug-likeness (QED) is 0.552. The number of benzene rings is 1. The highest BCUT2D eigenvalue weighted by Crippen LogP contribution is 2.28. The first-order valence-electron chi connectivity index (χ1n) is 7.71. The number of H-pyrrole nitrogens is 1. The van der Waals surface area contributed by atoms with Crippen LogP contribution in [0.5, 0.6) is 0 Å². The van der Waals surface area contributed by atoms with Gasteiger partial charge in [-0.25, -0.2) is 0 Å². The Morgan fingerprint density at radius 1 is 1.41 bits per heavy atom. The van der Waals surface area contributed by atoms with Gasteiger partial charge in [-0.05, 0) is 37.9 Å². The first-order valence-corrected chi connectivity index (χ1v) is 7.71. The predicted molar refractivity (Wildman–Crippen MR) is 81.5 cm³/mol. The van der Waals surface area contributed by atoms with Crippen LogP contribution >= 0.6 is 0 Å². The third-order valence-corrected chi connectivity index (χ3v) is 4.91. The van der Waals surface area contributed by atoms with Crippen LogP contribution in [0.1, 0.15) is 23.3 Å². The molecule has 7 heteroatoms. The molecule has 1 atom stereocenters. The van der Waals surface area contributed by atoms with Gasteiger partial charge in [-0.1, -0.05) is 0 Å². The summed E-state index contributed by atoms with van der Waals surface area (Å²) in [7, 11) is 0. The Hall–Kier alpha value is -1.96. The summed E-state index contributed by atoms with van der Waals surface area (Å²) in [5, 5.41) is 21.7. The topological polar surface area (TPSA) is 101 Å². The third kappa shape index (κ3) is 2.27. The number of nitrogens with one attached hydrogen (secondary N) is 2. The lowest BCUT2D eigenvalue weighted by Gasteiger charge is -2.44. The normalized spacial score (nSPS) is 27.2. The van der Waals surface area contributed by atoms with E-state index in [0.717, 1.165) is 43.5 Å². The van der Waals surface area contributed by atoms with Crippen molar-refractivity contribution >= 4 is 22.5 Å². The van der Waals surface area contributed by atoms with E-state index in [-0.39, 0.29) is 11.9 Å². The molecule has 0 aliphatic carbocycles. The van der Waals surface area contributed by atoms with Crippen molar-refractivity contribution in [2.45, 2.75) is 18.9 Å². The van der Waals surface area contributed by atoms with Crippen molar-refractivity contribution in [3.8, 4) is 0 Å². The maximum atomic E-state index is 12.6. The number of carbonyl (C=O) groups is 1. The smallest absolute Gasteiger partial charge is 0.272 e. The minimum Gasteiger partial charge on any atom is -0.630 e. The summed E-state index contributed by atoms with van der Waals surface area (Å²) < 4.78 is 0. The molecule has 1 aromatic carbocycles. The highest BCUT2D eigenvalue weighted by Gasteiger charge is 2.35. The van der Waals surface area contributed by atoms with Gasteiger partial charge in [0.2, 0.25) is 0 Å². The van der Waals surface area contributed by atoms with Gasteiger partial charge >= 0.3 is 0 Å². The molecule has 3 aliphatic heterocycles. The summed E-state index contributed by atoms with van der Waals surface area (Å²) in [5.41, 5.74) is 2.47. The lowest BCUT2D eigenvalue weighted by atomic mass is 9.84. The summed E-state index contributed by atoms with van der Waals surface area (Å²) in [6.45, 7) is 3.22. The zero-order valence-electron chi connectivity index (χ0n) is 12.2. The fourth-order valence-electron chi connectivity index (χ4n) is 3.64. The molecule has 0 unspecified atom stereocenters. The Labute approximate surface area is 127 Å². The minimum absolute atomic E-state index is 0.159. The number of hydrogen-bond donors (Lipinski definition) is 3. The number of carbonyl (C=O) groups excluding carboxylic acids is 1. The number of nitrogens with two attached hydrogens (primary N) is 1. The number of aromatic amines is 1. The number of fused-ring (bicyclic) bond motifs is 4. The van der Waals surface area contributed by atoms with Crippen molar-refractivity contribution in [3.05, 3.63) is 29.1 Å². The van der Waals surface area contributed by atoms with Crippen LogP contribution in [0, 0.1) is 11.1 Å². The first-order chi connectivity index (χ1) is 10.7. The first kappa shape index (κ1) is 13.7. The second-order valence-electron chi connectivity index (χ2n) is 6.21. The number of quaternary nitrogens is 1. The molecule has 3 saturated heterocycles. The van der Waals surface area contributed by atoms with Gasteiger partial charge in [-0.15, -0.1) is 0 Å². The van der Waals surface area contributed by atoms with Crippen molar-refractivity contribution in [1.82, 2.24) is 20.4 Å². The van der Waals surface area contributed by atoms with Crippen molar-refractivity contribution in [2.75, 3.05) is 19.6 Å². The van der Waals surface area contributed by atoms with Gasteiger partial charge in [0.05, 0.1) is 5.52 Å². The van der Waals surface area contributed by atoms with Crippen molar-refractivity contribution in [3.63, 3.8) is 0 Å². The minimum atomic E-state index is -0.159. The second kappa shape index (κ2) is 5.35. The Morgan fingerprint density at radius 3 is 2.91 bits per heavy atom. The molecule has 4 heterocycles. The number of amides is 1. The second-order valence-corrected chi connectivity index (χ2v) is 6.21. The molecular formula is C15H19N5O2. The van der Waals surface area contributed by atoms with E-state index in [4.69, 9.17) is 0 Å². The Balaban J connectivity index is 1.57. The van der Waals surface area contributed by atoms with Gasteiger partial charge in [-0.3, -0.25) is 9.89 Å². The molecule has 1 amide bonds. The van der Waals surface area contributed by atoms with Gasteiger partial charge in [0.1, 0.15) is 5.69 Å². The van der Waals surface area contributed by atoms with Crippen LogP contribution in [0.15, 0.2) is 18.2 Å². The number of piperidine rings is 3. The molecule has 116 valence electrons. The SMILES string of the molecule is O=C(N[C@@H]1CN2CCC1CC2)c1n[nH]c2ccc([NH2+][O-])cc12. The van der Waals surface area contributed by atoms with E-state index in [1.54, 1.807) is 18.2 Å². The van der Waals surface area contributed by atoms with E-state index in [1.165, 1.54) is 0 Å². The van der Waals surface area contributed by atoms with Crippen molar-refractivity contribution in [2.24, 2.45) is 5.92 Å². The summed E-state index contributed by atoms with van der Waals surface area (Å²) >= 11 is 0. The van der Waals surface area contributed by atoms with E-state index in [2.05, 4.69) is 20.4 Å². The van der Waals surface area contributed by atoms with Crippen molar-refractivity contribution in [1.29, 1.82) is 0 Å². The molecule has 22 heavy (non-hydrogen) atoms. The molecule has 3 fully saturated rings. The third-order valence-electron chi connectivity index (χ3n) is 4.91. The van der Waals surface area contributed by atoms with E-state index < -0.39 is 0 Å². The lowest BCUT2D eigenvalue weighted by molar-refractivity contribution is -0.497. The number of hydrogen-bond acceptors (Lipinski definition) is 4. The fourth-order valence-corrected chi connectivity index (χ4v) is 3.64. The van der Waals surface area contributed by atoms with E-state index in [1.807, 2.05) is 0 Å². The maximum Gasteiger partial charge on any atom is 0.272 e. The van der Waals surface area contributed by atoms with Crippen LogP contribution in [0.25, 0.3) is 10.9 Å². The molecule has 0 spiro atoms. The van der Waals surface area contributed by atoms with Crippen LogP contribution in [-0.4, -0.2) is 46.7 Å². The Kier molecular flexibility index (Phi) is 3.33. The van der Waals surface area contributed by atoms with Crippen LogP contribution in [-0.2, 0) is 0 Å². The molecular weight excluding hydrogens is 282 g/mol. The fraction of sp³-hybridized carbons (Fsp3) is 0.467. The Bertz CT molecular complexity index is 705. The highest BCUT2D eigenvalue weighted by molar-refractivity contribution is 6.05. The number of rotatable bonds is 3. The van der Waals surface area contributed by atoms with Gasteiger partial charge in [0.25, 0.3) is 5.91 Å². The molecule has 3 aliphatic rings. The van der Waals surface area contributed by atoms with Crippen LogP contribution in [0.4, 0.5) is 5.69 Å².